The first-order chi connectivity index (χ1) is 16.6. The maximum Gasteiger partial charge on any atom is 0.328 e. The highest BCUT2D eigenvalue weighted by Crippen LogP contribution is 2.25. The van der Waals surface area contributed by atoms with E-state index in [1.807, 2.05) is 39.0 Å². The van der Waals surface area contributed by atoms with Crippen molar-refractivity contribution in [1.82, 2.24) is 4.68 Å². The number of nitrogens with zero attached hydrogens (tertiary/aromatic N) is 1. The lowest BCUT2D eigenvalue weighted by Crippen LogP contribution is -2.36. The van der Waals surface area contributed by atoms with Gasteiger partial charge >= 0.3 is 11.8 Å². The number of amides is 3. The molecule has 0 saturated carbocycles. The Kier molecular flexibility index (Phi) is 6.95. The summed E-state index contributed by atoms with van der Waals surface area (Å²) >= 11 is 9.44. The summed E-state index contributed by atoms with van der Waals surface area (Å²) in [6.07, 6.45) is 0. The highest BCUT2D eigenvalue weighted by Gasteiger charge is 2.22. The molecule has 0 fully saturated rings. The van der Waals surface area contributed by atoms with Crippen molar-refractivity contribution < 1.29 is 14.4 Å². The molecule has 0 aliphatic carbocycles. The molecule has 35 heavy (non-hydrogen) atoms. The first-order valence-corrected chi connectivity index (χ1v) is 11.9. The van der Waals surface area contributed by atoms with Crippen LogP contribution in [0.2, 0.25) is 5.02 Å². The molecule has 178 valence electrons. The Morgan fingerprint density at radius 2 is 1.57 bits per heavy atom. The molecule has 0 saturated heterocycles. The van der Waals surface area contributed by atoms with Crippen molar-refractivity contribution in [2.45, 2.75) is 20.8 Å². The fourth-order valence-corrected chi connectivity index (χ4v) is 4.50. The van der Waals surface area contributed by atoms with Crippen LogP contribution in [0.3, 0.4) is 0 Å². The summed E-state index contributed by atoms with van der Waals surface area (Å²) in [5.74, 6) is -2.24. The number of benzene rings is 3. The van der Waals surface area contributed by atoms with E-state index in [-0.39, 0.29) is 5.69 Å². The number of rotatable bonds is 4. The predicted octanol–water partition coefficient (Wildman–Crippen LogP) is 5.94. The highest BCUT2D eigenvalue weighted by atomic mass is 79.9. The maximum absolute atomic E-state index is 13.1. The summed E-state index contributed by atoms with van der Waals surface area (Å²) in [4.78, 5) is 38.8. The minimum Gasteiger partial charge on any atom is -0.321 e. The molecule has 1 aromatic heterocycles. The fourth-order valence-electron chi connectivity index (χ4n) is 3.93. The molecule has 3 N–H and O–H groups in total. The summed E-state index contributed by atoms with van der Waals surface area (Å²) in [5.41, 5.74) is 7.09. The summed E-state index contributed by atoms with van der Waals surface area (Å²) in [7, 11) is 0. The molecule has 9 heteroatoms. The molecule has 7 nitrogen and oxygen atoms in total. The second-order valence-electron chi connectivity index (χ2n) is 8.20. The van der Waals surface area contributed by atoms with Gasteiger partial charge in [0.1, 0.15) is 5.69 Å². The first-order valence-electron chi connectivity index (χ1n) is 10.7. The van der Waals surface area contributed by atoms with Gasteiger partial charge in [0.15, 0.2) is 0 Å². The molecule has 3 amide bonds. The fraction of sp³-hybridized carbons (Fsp3) is 0.115. The zero-order valence-electron chi connectivity index (χ0n) is 19.2. The van der Waals surface area contributed by atoms with Crippen LogP contribution in [0.5, 0.6) is 0 Å². The standard InChI is InChI=1S/C26H22BrClN4O3/c1-14-9-15(2)23(16(3)10-14)30-25(34)26(35)31-32-21-8-7-18(27)11-17(21)12-22(32)24(33)29-20-6-4-5-19(28)13-20/h4-13H,1-3H3,(H,29,33)(H,30,34)(H,31,35). The molecule has 0 bridgehead atoms. The van der Waals surface area contributed by atoms with Gasteiger partial charge in [0, 0.05) is 26.3 Å². The van der Waals surface area contributed by atoms with E-state index in [9.17, 15) is 14.4 Å². The average molecular weight is 554 g/mol. The van der Waals surface area contributed by atoms with Crippen molar-refractivity contribution in [2.75, 3.05) is 16.1 Å². The molecule has 0 aliphatic rings. The van der Waals surface area contributed by atoms with E-state index in [0.29, 0.717) is 27.3 Å². The summed E-state index contributed by atoms with van der Waals surface area (Å²) in [5, 5.41) is 6.62. The molecule has 3 aromatic carbocycles. The SMILES string of the molecule is Cc1cc(C)c(NC(=O)C(=O)Nn2c(C(=O)Nc3cccc(Cl)c3)cc3cc(Br)ccc32)c(C)c1. The van der Waals surface area contributed by atoms with Crippen molar-refractivity contribution in [1.29, 1.82) is 0 Å². The van der Waals surface area contributed by atoms with Crippen LogP contribution in [0, 0.1) is 20.8 Å². The normalized spacial score (nSPS) is 10.8. The number of aryl methyl sites for hydroxylation is 3. The third-order valence-electron chi connectivity index (χ3n) is 5.41. The molecular formula is C26H22BrClN4O3. The monoisotopic (exact) mass is 552 g/mol. The summed E-state index contributed by atoms with van der Waals surface area (Å²) in [6.45, 7) is 5.69. The van der Waals surface area contributed by atoms with Crippen molar-refractivity contribution in [3.63, 3.8) is 0 Å². The maximum atomic E-state index is 13.1. The first kappa shape index (κ1) is 24.5. The summed E-state index contributed by atoms with van der Waals surface area (Å²) in [6, 6.07) is 17.5. The molecule has 0 unspecified atom stereocenters. The molecule has 4 aromatic rings. The van der Waals surface area contributed by atoms with Gasteiger partial charge in [0.25, 0.3) is 5.91 Å². The van der Waals surface area contributed by atoms with Crippen LogP contribution in [-0.2, 0) is 9.59 Å². The second-order valence-corrected chi connectivity index (χ2v) is 9.55. The number of carbonyl (C=O) groups is 3. The molecular weight excluding hydrogens is 532 g/mol. The van der Waals surface area contributed by atoms with Crippen LogP contribution in [0.4, 0.5) is 11.4 Å². The largest absolute Gasteiger partial charge is 0.328 e. The van der Waals surface area contributed by atoms with Gasteiger partial charge in [-0.25, -0.2) is 4.68 Å². The zero-order valence-corrected chi connectivity index (χ0v) is 21.5. The number of hydrogen-bond acceptors (Lipinski definition) is 3. The van der Waals surface area contributed by atoms with E-state index in [1.165, 1.54) is 4.68 Å². The van der Waals surface area contributed by atoms with Gasteiger partial charge in [-0.2, -0.15) is 0 Å². The quantitative estimate of drug-likeness (QED) is 0.273. The summed E-state index contributed by atoms with van der Waals surface area (Å²) < 4.78 is 2.11. The second kappa shape index (κ2) is 9.93. The Bertz CT molecular complexity index is 1470. The van der Waals surface area contributed by atoms with E-state index in [2.05, 4.69) is 32.0 Å². The molecule has 1 heterocycles. The van der Waals surface area contributed by atoms with Gasteiger partial charge in [0.05, 0.1) is 5.52 Å². The Labute approximate surface area is 215 Å². The Hall–Kier alpha value is -3.62. The molecule has 0 atom stereocenters. The number of nitrogens with one attached hydrogen (secondary N) is 3. The Balaban J connectivity index is 1.64. The molecule has 4 rings (SSSR count). The van der Waals surface area contributed by atoms with Gasteiger partial charge in [-0.1, -0.05) is 51.3 Å². The number of hydrogen-bond donors (Lipinski definition) is 3. The van der Waals surface area contributed by atoms with Gasteiger partial charge in [-0.3, -0.25) is 19.8 Å². The number of anilines is 2. The van der Waals surface area contributed by atoms with Gasteiger partial charge in [0.2, 0.25) is 0 Å². The Morgan fingerprint density at radius 1 is 0.857 bits per heavy atom. The van der Waals surface area contributed by atoms with Crippen molar-refractivity contribution in [2.24, 2.45) is 0 Å². The van der Waals surface area contributed by atoms with E-state index < -0.39 is 17.7 Å². The Morgan fingerprint density at radius 3 is 2.26 bits per heavy atom. The zero-order chi connectivity index (χ0) is 25.3. The van der Waals surface area contributed by atoms with E-state index >= 15 is 0 Å². The molecule has 0 radical (unpaired) electrons. The van der Waals surface area contributed by atoms with Gasteiger partial charge < -0.3 is 10.6 Å². The average Bonchev–Trinajstić information content (AvgIpc) is 3.13. The molecule has 0 aliphatic heterocycles. The van der Waals surface area contributed by atoms with Crippen LogP contribution >= 0.6 is 27.5 Å². The minimum atomic E-state index is -0.915. The van der Waals surface area contributed by atoms with Crippen molar-refractivity contribution >= 4 is 67.5 Å². The van der Waals surface area contributed by atoms with Crippen LogP contribution in [0.25, 0.3) is 10.9 Å². The minimum absolute atomic E-state index is 0.141. The number of halogens is 2. The topological polar surface area (TPSA) is 92.2 Å². The van der Waals surface area contributed by atoms with Gasteiger partial charge in [-0.05, 0) is 74.4 Å². The van der Waals surface area contributed by atoms with Crippen LogP contribution in [0.1, 0.15) is 27.2 Å². The van der Waals surface area contributed by atoms with Gasteiger partial charge in [-0.15, -0.1) is 0 Å². The number of carbonyl (C=O) groups excluding carboxylic acids is 3. The van der Waals surface area contributed by atoms with Crippen LogP contribution in [-0.4, -0.2) is 22.4 Å². The third-order valence-corrected chi connectivity index (χ3v) is 6.14. The van der Waals surface area contributed by atoms with E-state index in [1.54, 1.807) is 42.5 Å². The predicted molar refractivity (Wildman–Crippen MR) is 143 cm³/mol. The van der Waals surface area contributed by atoms with Crippen molar-refractivity contribution in [3.05, 3.63) is 92.5 Å². The lowest BCUT2D eigenvalue weighted by molar-refractivity contribution is -0.133. The van der Waals surface area contributed by atoms with Crippen molar-refractivity contribution in [3.8, 4) is 0 Å². The lowest BCUT2D eigenvalue weighted by Gasteiger charge is -2.15. The third kappa shape index (κ3) is 5.39. The van der Waals surface area contributed by atoms with E-state index in [0.717, 1.165) is 21.2 Å². The molecule has 0 spiro atoms. The number of aromatic nitrogens is 1. The number of fused-ring (bicyclic) bond motifs is 1. The van der Waals surface area contributed by atoms with Crippen LogP contribution < -0.4 is 16.1 Å². The lowest BCUT2D eigenvalue weighted by atomic mass is 10.1. The van der Waals surface area contributed by atoms with Crippen LogP contribution in [0.15, 0.2) is 65.1 Å². The highest BCUT2D eigenvalue weighted by molar-refractivity contribution is 9.10. The smallest absolute Gasteiger partial charge is 0.321 e. The van der Waals surface area contributed by atoms with E-state index in [4.69, 9.17) is 11.6 Å².